The molecule has 0 aromatic carbocycles. The summed E-state index contributed by atoms with van der Waals surface area (Å²) in [5, 5.41) is 7.84. The topological polar surface area (TPSA) is 29.9 Å². The molecule has 84 valence electrons. The van der Waals surface area contributed by atoms with Gasteiger partial charge in [0.25, 0.3) is 0 Å². The van der Waals surface area contributed by atoms with Crippen molar-refractivity contribution in [2.75, 3.05) is 11.9 Å². The molecule has 0 amide bonds. The summed E-state index contributed by atoms with van der Waals surface area (Å²) < 4.78 is 1.92. The summed E-state index contributed by atoms with van der Waals surface area (Å²) in [6.45, 7) is 3.18. The molecule has 1 fully saturated rings. The highest BCUT2D eigenvalue weighted by Gasteiger charge is 2.13. The molecule has 0 saturated heterocycles. The van der Waals surface area contributed by atoms with Crippen LogP contribution in [0.15, 0.2) is 6.07 Å². The Labute approximate surface area is 91.9 Å². The third-order valence-corrected chi connectivity index (χ3v) is 3.41. The van der Waals surface area contributed by atoms with Gasteiger partial charge in [-0.1, -0.05) is 19.3 Å². The number of hydrogen-bond acceptors (Lipinski definition) is 2. The third-order valence-electron chi connectivity index (χ3n) is 3.41. The largest absolute Gasteiger partial charge is 0.368 e. The van der Waals surface area contributed by atoms with E-state index in [1.54, 1.807) is 0 Å². The van der Waals surface area contributed by atoms with Crippen molar-refractivity contribution in [2.45, 2.75) is 39.0 Å². The molecular formula is C12H21N3. The molecule has 0 aliphatic heterocycles. The van der Waals surface area contributed by atoms with Crippen LogP contribution in [0.2, 0.25) is 0 Å². The second-order valence-electron chi connectivity index (χ2n) is 4.68. The van der Waals surface area contributed by atoms with Crippen molar-refractivity contribution in [1.29, 1.82) is 0 Å². The minimum atomic E-state index is 0.862. The number of rotatable bonds is 3. The SMILES string of the molecule is Cc1cc(NCC2CCCCC2)nn1C. The van der Waals surface area contributed by atoms with E-state index < -0.39 is 0 Å². The molecule has 1 heterocycles. The summed E-state index contributed by atoms with van der Waals surface area (Å²) in [7, 11) is 1.99. The lowest BCUT2D eigenvalue weighted by Crippen LogP contribution is -2.17. The van der Waals surface area contributed by atoms with Gasteiger partial charge in [-0.25, -0.2) is 0 Å². The van der Waals surface area contributed by atoms with Crippen LogP contribution in [-0.4, -0.2) is 16.3 Å². The quantitative estimate of drug-likeness (QED) is 0.826. The first-order valence-corrected chi connectivity index (χ1v) is 6.00. The fourth-order valence-corrected chi connectivity index (χ4v) is 2.29. The van der Waals surface area contributed by atoms with Crippen LogP contribution in [0, 0.1) is 12.8 Å². The summed E-state index contributed by atoms with van der Waals surface area (Å²) in [5.74, 6) is 1.89. The third kappa shape index (κ3) is 2.74. The van der Waals surface area contributed by atoms with E-state index in [0.29, 0.717) is 0 Å². The fraction of sp³-hybridized carbons (Fsp3) is 0.750. The van der Waals surface area contributed by atoms with Gasteiger partial charge in [-0.2, -0.15) is 5.10 Å². The van der Waals surface area contributed by atoms with E-state index in [0.717, 1.165) is 18.3 Å². The Hall–Kier alpha value is -0.990. The smallest absolute Gasteiger partial charge is 0.148 e. The average Bonchev–Trinajstić information content (AvgIpc) is 2.57. The average molecular weight is 207 g/mol. The lowest BCUT2D eigenvalue weighted by Gasteiger charge is -2.21. The molecule has 1 aromatic rings. The van der Waals surface area contributed by atoms with Gasteiger partial charge < -0.3 is 5.32 Å². The Morgan fingerprint density at radius 1 is 1.40 bits per heavy atom. The van der Waals surface area contributed by atoms with Gasteiger partial charge in [0, 0.05) is 25.4 Å². The molecule has 0 atom stereocenters. The normalized spacial score (nSPS) is 18.0. The number of hydrogen-bond donors (Lipinski definition) is 1. The maximum atomic E-state index is 4.40. The molecule has 3 heteroatoms. The minimum absolute atomic E-state index is 0.862. The van der Waals surface area contributed by atoms with Gasteiger partial charge in [0.05, 0.1) is 0 Å². The molecule has 1 saturated carbocycles. The molecule has 1 aliphatic carbocycles. The highest BCUT2D eigenvalue weighted by Crippen LogP contribution is 2.23. The molecule has 2 rings (SSSR count). The first-order valence-electron chi connectivity index (χ1n) is 6.00. The number of anilines is 1. The summed E-state index contributed by atoms with van der Waals surface area (Å²) >= 11 is 0. The van der Waals surface area contributed by atoms with Gasteiger partial charge in [-0.15, -0.1) is 0 Å². The lowest BCUT2D eigenvalue weighted by atomic mass is 9.89. The van der Waals surface area contributed by atoms with Crippen LogP contribution in [-0.2, 0) is 7.05 Å². The summed E-state index contributed by atoms with van der Waals surface area (Å²) in [5.41, 5.74) is 1.21. The number of nitrogens with one attached hydrogen (secondary N) is 1. The summed E-state index contributed by atoms with van der Waals surface area (Å²) in [6.07, 6.45) is 7.03. The van der Waals surface area contributed by atoms with E-state index in [9.17, 15) is 0 Å². The zero-order valence-corrected chi connectivity index (χ0v) is 9.79. The molecule has 0 bridgehead atoms. The first-order chi connectivity index (χ1) is 7.25. The van der Waals surface area contributed by atoms with E-state index in [2.05, 4.69) is 23.4 Å². The monoisotopic (exact) mass is 207 g/mol. The van der Waals surface area contributed by atoms with Crippen LogP contribution in [0.5, 0.6) is 0 Å². The summed E-state index contributed by atoms with van der Waals surface area (Å²) in [4.78, 5) is 0. The molecule has 15 heavy (non-hydrogen) atoms. The van der Waals surface area contributed by atoms with Crippen molar-refractivity contribution >= 4 is 5.82 Å². The minimum Gasteiger partial charge on any atom is -0.368 e. The Kier molecular flexibility index (Phi) is 3.29. The van der Waals surface area contributed by atoms with Crippen molar-refractivity contribution in [1.82, 2.24) is 9.78 Å². The van der Waals surface area contributed by atoms with Crippen LogP contribution in [0.25, 0.3) is 0 Å². The molecule has 0 unspecified atom stereocenters. The maximum absolute atomic E-state index is 4.40. The number of aromatic nitrogens is 2. The first kappa shape index (κ1) is 10.5. The molecule has 0 spiro atoms. The van der Waals surface area contributed by atoms with Gasteiger partial charge in [0.15, 0.2) is 0 Å². The number of nitrogens with zero attached hydrogens (tertiary/aromatic N) is 2. The zero-order valence-electron chi connectivity index (χ0n) is 9.79. The molecule has 0 radical (unpaired) electrons. The Bertz CT molecular complexity index is 291. The van der Waals surface area contributed by atoms with Gasteiger partial charge in [0.1, 0.15) is 5.82 Å². The highest BCUT2D eigenvalue weighted by molar-refractivity contribution is 5.35. The predicted octanol–water partition coefficient (Wildman–Crippen LogP) is 2.72. The predicted molar refractivity (Wildman–Crippen MR) is 63.0 cm³/mol. The lowest BCUT2D eigenvalue weighted by molar-refractivity contribution is 0.373. The van der Waals surface area contributed by atoms with Crippen molar-refractivity contribution in [3.05, 3.63) is 11.8 Å². The van der Waals surface area contributed by atoms with E-state index in [-0.39, 0.29) is 0 Å². The van der Waals surface area contributed by atoms with E-state index in [4.69, 9.17) is 0 Å². The molecular weight excluding hydrogens is 186 g/mol. The van der Waals surface area contributed by atoms with E-state index >= 15 is 0 Å². The van der Waals surface area contributed by atoms with Crippen LogP contribution in [0.1, 0.15) is 37.8 Å². The highest BCUT2D eigenvalue weighted by atomic mass is 15.3. The molecule has 3 nitrogen and oxygen atoms in total. The van der Waals surface area contributed by atoms with E-state index in [1.807, 2.05) is 11.7 Å². The van der Waals surface area contributed by atoms with Crippen molar-refractivity contribution in [2.24, 2.45) is 13.0 Å². The van der Waals surface area contributed by atoms with Gasteiger partial charge in [0.2, 0.25) is 0 Å². The second-order valence-corrected chi connectivity index (χ2v) is 4.68. The molecule has 1 N–H and O–H groups in total. The fourth-order valence-electron chi connectivity index (χ4n) is 2.29. The Morgan fingerprint density at radius 2 is 2.13 bits per heavy atom. The standard InChI is InChI=1S/C12H21N3/c1-10-8-12(14-15(10)2)13-9-11-6-4-3-5-7-11/h8,11H,3-7,9H2,1-2H3,(H,13,14). The van der Waals surface area contributed by atoms with Gasteiger partial charge >= 0.3 is 0 Å². The van der Waals surface area contributed by atoms with Crippen LogP contribution < -0.4 is 5.32 Å². The van der Waals surface area contributed by atoms with E-state index in [1.165, 1.54) is 37.8 Å². The van der Waals surface area contributed by atoms with Gasteiger partial charge in [-0.3, -0.25) is 4.68 Å². The zero-order chi connectivity index (χ0) is 10.7. The second kappa shape index (κ2) is 4.69. The van der Waals surface area contributed by atoms with Crippen LogP contribution in [0.3, 0.4) is 0 Å². The van der Waals surface area contributed by atoms with Crippen LogP contribution in [0.4, 0.5) is 5.82 Å². The summed E-state index contributed by atoms with van der Waals surface area (Å²) in [6, 6.07) is 2.11. The van der Waals surface area contributed by atoms with Crippen molar-refractivity contribution in [3.63, 3.8) is 0 Å². The number of aryl methyl sites for hydroxylation is 2. The van der Waals surface area contributed by atoms with Gasteiger partial charge in [-0.05, 0) is 25.7 Å². The molecule has 1 aromatic heterocycles. The Balaban J connectivity index is 1.81. The van der Waals surface area contributed by atoms with Crippen LogP contribution >= 0.6 is 0 Å². The van der Waals surface area contributed by atoms with Crippen molar-refractivity contribution in [3.8, 4) is 0 Å². The molecule has 1 aliphatic rings. The maximum Gasteiger partial charge on any atom is 0.148 e. The Morgan fingerprint density at radius 3 is 2.73 bits per heavy atom. The van der Waals surface area contributed by atoms with Crippen molar-refractivity contribution < 1.29 is 0 Å².